The second-order valence-corrected chi connectivity index (χ2v) is 8.08. The number of amides is 1. The van der Waals surface area contributed by atoms with E-state index in [1.807, 2.05) is 0 Å². The molecule has 1 rings (SSSR count). The smallest absolute Gasteiger partial charge is 0.407 e. The molecule has 118 valence electrons. The number of nitrogens with one attached hydrogen (secondary N) is 1. The standard InChI is InChI=1S/C13H19ClN2O4S/c1-13(2,3)20-12(17)16-6-7-21(18,19)9-10-8-15-5-4-11(10)14/h4-5,8H,6-7,9H2,1-3H3,(H,16,17). The van der Waals surface area contributed by atoms with Gasteiger partial charge in [0.2, 0.25) is 0 Å². The zero-order chi connectivity index (χ0) is 16.1. The zero-order valence-electron chi connectivity index (χ0n) is 12.2. The summed E-state index contributed by atoms with van der Waals surface area (Å²) in [6.45, 7) is 5.17. The highest BCUT2D eigenvalue weighted by atomic mass is 35.5. The molecular formula is C13H19ClN2O4S. The quantitative estimate of drug-likeness (QED) is 0.892. The van der Waals surface area contributed by atoms with E-state index in [9.17, 15) is 13.2 Å². The van der Waals surface area contributed by atoms with Crippen LogP contribution in [0.15, 0.2) is 18.5 Å². The van der Waals surface area contributed by atoms with Crippen molar-refractivity contribution in [2.24, 2.45) is 0 Å². The van der Waals surface area contributed by atoms with Gasteiger partial charge in [0.15, 0.2) is 9.84 Å². The molecule has 21 heavy (non-hydrogen) atoms. The molecule has 0 radical (unpaired) electrons. The second-order valence-electron chi connectivity index (χ2n) is 5.49. The number of aromatic nitrogens is 1. The van der Waals surface area contributed by atoms with Crippen molar-refractivity contribution in [1.29, 1.82) is 0 Å². The van der Waals surface area contributed by atoms with Gasteiger partial charge < -0.3 is 10.1 Å². The second kappa shape index (κ2) is 7.09. The Balaban J connectivity index is 2.48. The Hall–Kier alpha value is -1.34. The van der Waals surface area contributed by atoms with Crippen LogP contribution in [0, 0.1) is 0 Å². The van der Waals surface area contributed by atoms with Gasteiger partial charge in [0.1, 0.15) is 5.60 Å². The number of carbonyl (C=O) groups excluding carboxylic acids is 1. The normalized spacial score (nSPS) is 12.0. The average molecular weight is 335 g/mol. The maximum atomic E-state index is 11.9. The minimum absolute atomic E-state index is 0.0187. The van der Waals surface area contributed by atoms with Gasteiger partial charge in [-0.05, 0) is 26.8 Å². The van der Waals surface area contributed by atoms with Crippen LogP contribution >= 0.6 is 11.6 Å². The first-order valence-electron chi connectivity index (χ1n) is 6.35. The summed E-state index contributed by atoms with van der Waals surface area (Å²) in [5.74, 6) is -0.410. The molecule has 6 nitrogen and oxygen atoms in total. The van der Waals surface area contributed by atoms with Crippen LogP contribution in [0.25, 0.3) is 0 Å². The molecule has 0 unspecified atom stereocenters. The Morgan fingerprint density at radius 2 is 2.10 bits per heavy atom. The molecule has 0 fully saturated rings. The Labute approximate surface area is 129 Å². The van der Waals surface area contributed by atoms with Crippen molar-refractivity contribution in [1.82, 2.24) is 10.3 Å². The lowest BCUT2D eigenvalue weighted by Crippen LogP contribution is -2.35. The van der Waals surface area contributed by atoms with E-state index in [0.717, 1.165) is 0 Å². The number of sulfone groups is 1. The molecule has 0 spiro atoms. The summed E-state index contributed by atoms with van der Waals surface area (Å²) in [5.41, 5.74) is -0.178. The lowest BCUT2D eigenvalue weighted by Gasteiger charge is -2.19. The Morgan fingerprint density at radius 1 is 1.43 bits per heavy atom. The van der Waals surface area contributed by atoms with E-state index in [-0.39, 0.29) is 18.1 Å². The molecule has 0 bridgehead atoms. The van der Waals surface area contributed by atoms with Gasteiger partial charge in [-0.1, -0.05) is 11.6 Å². The number of nitrogens with zero attached hydrogens (tertiary/aromatic N) is 1. The van der Waals surface area contributed by atoms with Crippen molar-refractivity contribution < 1.29 is 17.9 Å². The summed E-state index contributed by atoms with van der Waals surface area (Å²) >= 11 is 5.89. The van der Waals surface area contributed by atoms with Gasteiger partial charge in [-0.15, -0.1) is 0 Å². The summed E-state index contributed by atoms with van der Waals surface area (Å²) in [7, 11) is -3.39. The number of rotatable bonds is 5. The predicted octanol–water partition coefficient (Wildman–Crippen LogP) is 2.17. The third kappa shape index (κ3) is 7.29. The first-order chi connectivity index (χ1) is 9.59. The highest BCUT2D eigenvalue weighted by Gasteiger charge is 2.18. The van der Waals surface area contributed by atoms with E-state index in [1.165, 1.54) is 18.5 Å². The molecule has 8 heteroatoms. The predicted molar refractivity (Wildman–Crippen MR) is 81.0 cm³/mol. The molecule has 0 aliphatic carbocycles. The minimum atomic E-state index is -3.39. The van der Waals surface area contributed by atoms with Gasteiger partial charge in [0, 0.05) is 29.5 Å². The molecule has 0 aliphatic heterocycles. The topological polar surface area (TPSA) is 85.4 Å². The molecule has 1 aromatic heterocycles. The van der Waals surface area contributed by atoms with Gasteiger partial charge in [-0.2, -0.15) is 0 Å². The van der Waals surface area contributed by atoms with E-state index in [2.05, 4.69) is 10.3 Å². The van der Waals surface area contributed by atoms with Gasteiger partial charge >= 0.3 is 6.09 Å². The van der Waals surface area contributed by atoms with Crippen LogP contribution < -0.4 is 5.32 Å². The van der Waals surface area contributed by atoms with Crippen LogP contribution in [0.3, 0.4) is 0 Å². The van der Waals surface area contributed by atoms with Crippen LogP contribution in [-0.4, -0.2) is 37.4 Å². The molecular weight excluding hydrogens is 316 g/mol. The number of alkyl carbamates (subject to hydrolysis) is 1. The van der Waals surface area contributed by atoms with Crippen LogP contribution in [-0.2, 0) is 20.3 Å². The maximum Gasteiger partial charge on any atom is 0.407 e. The molecule has 1 heterocycles. The molecule has 0 saturated carbocycles. The molecule has 1 aromatic rings. The van der Waals surface area contributed by atoms with Gasteiger partial charge in [0.05, 0.1) is 11.5 Å². The molecule has 0 aromatic carbocycles. The lowest BCUT2D eigenvalue weighted by molar-refractivity contribution is 0.0531. The van der Waals surface area contributed by atoms with E-state index >= 15 is 0 Å². The summed E-state index contributed by atoms with van der Waals surface area (Å²) in [4.78, 5) is 15.2. The molecule has 0 aliphatic rings. The molecule has 1 N–H and O–H groups in total. The monoisotopic (exact) mass is 334 g/mol. The van der Waals surface area contributed by atoms with Crippen molar-refractivity contribution in [2.45, 2.75) is 32.1 Å². The SMILES string of the molecule is CC(C)(C)OC(=O)NCCS(=O)(=O)Cc1cnccc1Cl. The van der Waals surface area contributed by atoms with Crippen LogP contribution in [0.5, 0.6) is 0 Å². The summed E-state index contributed by atoms with van der Waals surface area (Å²) in [6, 6.07) is 1.53. The van der Waals surface area contributed by atoms with E-state index < -0.39 is 21.5 Å². The number of ether oxygens (including phenoxy) is 1. The zero-order valence-corrected chi connectivity index (χ0v) is 13.8. The average Bonchev–Trinajstić information content (AvgIpc) is 2.29. The van der Waals surface area contributed by atoms with Gasteiger partial charge in [-0.3, -0.25) is 4.98 Å². The summed E-state index contributed by atoms with van der Waals surface area (Å²) in [5, 5.41) is 2.76. The van der Waals surface area contributed by atoms with Gasteiger partial charge in [0.25, 0.3) is 0 Å². The number of pyridine rings is 1. The molecule has 0 atom stereocenters. The number of hydrogen-bond acceptors (Lipinski definition) is 5. The lowest BCUT2D eigenvalue weighted by atomic mass is 10.2. The minimum Gasteiger partial charge on any atom is -0.444 e. The number of halogens is 1. The fraction of sp³-hybridized carbons (Fsp3) is 0.538. The van der Waals surface area contributed by atoms with Crippen molar-refractivity contribution in [3.8, 4) is 0 Å². The highest BCUT2D eigenvalue weighted by molar-refractivity contribution is 7.90. The van der Waals surface area contributed by atoms with Crippen LogP contribution in [0.4, 0.5) is 4.79 Å². The summed E-state index contributed by atoms with van der Waals surface area (Å²) in [6.07, 6.45) is 2.26. The van der Waals surface area contributed by atoms with Crippen molar-refractivity contribution >= 4 is 27.5 Å². The molecule has 1 amide bonds. The van der Waals surface area contributed by atoms with Crippen molar-refractivity contribution in [3.63, 3.8) is 0 Å². The van der Waals surface area contributed by atoms with Crippen LogP contribution in [0.1, 0.15) is 26.3 Å². The Kier molecular flexibility index (Phi) is 5.98. The largest absolute Gasteiger partial charge is 0.444 e. The third-order valence-corrected chi connectivity index (χ3v) is 4.25. The van der Waals surface area contributed by atoms with Gasteiger partial charge in [-0.25, -0.2) is 13.2 Å². The van der Waals surface area contributed by atoms with Crippen molar-refractivity contribution in [3.05, 3.63) is 29.0 Å². The maximum absolute atomic E-state index is 11.9. The van der Waals surface area contributed by atoms with Crippen LogP contribution in [0.2, 0.25) is 5.02 Å². The fourth-order valence-corrected chi connectivity index (χ4v) is 2.96. The van der Waals surface area contributed by atoms with Crippen molar-refractivity contribution in [2.75, 3.05) is 12.3 Å². The summed E-state index contributed by atoms with van der Waals surface area (Å²) < 4.78 is 28.9. The third-order valence-electron chi connectivity index (χ3n) is 2.30. The number of hydrogen-bond donors (Lipinski definition) is 1. The highest BCUT2D eigenvalue weighted by Crippen LogP contribution is 2.16. The Morgan fingerprint density at radius 3 is 2.67 bits per heavy atom. The van der Waals surface area contributed by atoms with E-state index in [0.29, 0.717) is 10.6 Å². The Bertz CT molecular complexity index is 596. The first kappa shape index (κ1) is 17.7. The number of carbonyl (C=O) groups is 1. The fourth-order valence-electron chi connectivity index (χ4n) is 1.45. The molecule has 0 saturated heterocycles. The van der Waals surface area contributed by atoms with E-state index in [4.69, 9.17) is 16.3 Å². The van der Waals surface area contributed by atoms with E-state index in [1.54, 1.807) is 20.8 Å². The first-order valence-corrected chi connectivity index (χ1v) is 8.55.